The Balaban J connectivity index is 0.00000144. The minimum atomic E-state index is 0. The van der Waals surface area contributed by atoms with Crippen LogP contribution in [0.4, 0.5) is 0 Å². The van der Waals surface area contributed by atoms with Crippen molar-refractivity contribution in [3.63, 3.8) is 0 Å². The van der Waals surface area contributed by atoms with E-state index < -0.39 is 0 Å². The molecule has 0 atom stereocenters. The third-order valence-electron chi connectivity index (χ3n) is 1.51. The van der Waals surface area contributed by atoms with Gasteiger partial charge in [-0.1, -0.05) is 12.1 Å². The van der Waals surface area contributed by atoms with Crippen LogP contribution in [0.3, 0.4) is 0 Å². The van der Waals surface area contributed by atoms with Gasteiger partial charge < -0.3 is 5.11 Å². The standard InChI is InChI=1S/C9H8Br2O.Pr/c1-6-2-3-7(4-8(6)12)5-9(10)11;/h2-5,12H,1H3;. The maximum absolute atomic E-state index is 9.35. The van der Waals surface area contributed by atoms with Gasteiger partial charge in [0.05, 0.1) is 3.39 Å². The van der Waals surface area contributed by atoms with E-state index in [-0.39, 0.29) is 41.3 Å². The zero-order valence-electron chi connectivity index (χ0n) is 7.09. The van der Waals surface area contributed by atoms with Crippen molar-refractivity contribution >= 4 is 37.9 Å². The molecule has 0 amide bonds. The molecule has 1 rings (SSSR count). The van der Waals surface area contributed by atoms with Gasteiger partial charge >= 0.3 is 0 Å². The first-order valence-electron chi connectivity index (χ1n) is 3.42. The average molecular weight is 433 g/mol. The van der Waals surface area contributed by atoms with Crippen LogP contribution in [0.5, 0.6) is 5.75 Å². The Morgan fingerprint density at radius 2 is 2.00 bits per heavy atom. The van der Waals surface area contributed by atoms with Gasteiger partial charge in [-0.15, -0.1) is 0 Å². The van der Waals surface area contributed by atoms with Gasteiger partial charge in [0.25, 0.3) is 0 Å². The molecule has 13 heavy (non-hydrogen) atoms. The van der Waals surface area contributed by atoms with E-state index >= 15 is 0 Å². The van der Waals surface area contributed by atoms with E-state index in [9.17, 15) is 5.11 Å². The van der Waals surface area contributed by atoms with Crippen molar-refractivity contribution in [1.29, 1.82) is 0 Å². The molecule has 0 aliphatic carbocycles. The fraction of sp³-hybridized carbons (Fsp3) is 0.111. The quantitative estimate of drug-likeness (QED) is 0.716. The number of phenolic OH excluding ortho intramolecular Hbond substituents is 1. The van der Waals surface area contributed by atoms with Crippen LogP contribution in [0.1, 0.15) is 11.1 Å². The summed E-state index contributed by atoms with van der Waals surface area (Å²) in [5, 5.41) is 9.35. The fourth-order valence-electron chi connectivity index (χ4n) is 0.842. The Kier molecular flexibility index (Phi) is 7.09. The zero-order valence-corrected chi connectivity index (χ0v) is 14.0. The molecule has 0 saturated heterocycles. The van der Waals surface area contributed by atoms with Crippen molar-refractivity contribution < 1.29 is 46.4 Å². The van der Waals surface area contributed by atoms with E-state index in [1.54, 1.807) is 6.07 Å². The minimum absolute atomic E-state index is 0. The number of phenols is 1. The van der Waals surface area contributed by atoms with E-state index in [2.05, 4.69) is 31.9 Å². The molecule has 0 aromatic heterocycles. The molecule has 1 nitrogen and oxygen atoms in total. The summed E-state index contributed by atoms with van der Waals surface area (Å²) in [6.45, 7) is 1.87. The van der Waals surface area contributed by atoms with E-state index in [1.807, 2.05) is 25.1 Å². The molecule has 0 unspecified atom stereocenters. The maximum atomic E-state index is 9.35. The van der Waals surface area contributed by atoms with Crippen molar-refractivity contribution in [2.24, 2.45) is 0 Å². The van der Waals surface area contributed by atoms with Crippen LogP contribution in [0.15, 0.2) is 21.6 Å². The van der Waals surface area contributed by atoms with Gasteiger partial charge in [-0.3, -0.25) is 0 Å². The topological polar surface area (TPSA) is 20.2 Å². The SMILES string of the molecule is Cc1ccc(C=C(Br)Br)cc1O.[Pr]. The smallest absolute Gasteiger partial charge is 0.119 e. The fourth-order valence-corrected chi connectivity index (χ4v) is 1.37. The van der Waals surface area contributed by atoms with Gasteiger partial charge in [-0.25, -0.2) is 0 Å². The second kappa shape index (κ2) is 6.55. The number of halogens is 2. The van der Waals surface area contributed by atoms with Crippen molar-refractivity contribution in [3.8, 4) is 5.75 Å². The second-order valence-corrected chi connectivity index (χ2v) is 5.25. The molecule has 1 aromatic carbocycles. The van der Waals surface area contributed by atoms with Gasteiger partial charge in [0.2, 0.25) is 0 Å². The van der Waals surface area contributed by atoms with E-state index in [4.69, 9.17) is 0 Å². The average Bonchev–Trinajstić information content (AvgIpc) is 1.96. The van der Waals surface area contributed by atoms with Gasteiger partial charge in [0.1, 0.15) is 5.75 Å². The van der Waals surface area contributed by atoms with Gasteiger partial charge in [0, 0.05) is 41.3 Å². The summed E-state index contributed by atoms with van der Waals surface area (Å²) < 4.78 is 0.859. The molecule has 1 N–H and O–H groups in total. The second-order valence-electron chi connectivity index (χ2n) is 2.48. The number of aryl methyl sites for hydroxylation is 1. The number of hydrogen-bond donors (Lipinski definition) is 1. The predicted molar refractivity (Wildman–Crippen MR) is 58.7 cm³/mol. The van der Waals surface area contributed by atoms with Gasteiger partial charge in [-0.05, 0) is 62.1 Å². The molecule has 1 radical (unpaired) electrons. The first-order valence-corrected chi connectivity index (χ1v) is 5.00. The van der Waals surface area contributed by atoms with Gasteiger partial charge in [-0.2, -0.15) is 0 Å². The summed E-state index contributed by atoms with van der Waals surface area (Å²) in [7, 11) is 0. The molecule has 0 heterocycles. The summed E-state index contributed by atoms with van der Waals surface area (Å²) in [4.78, 5) is 0. The van der Waals surface area contributed by atoms with E-state index in [0.717, 1.165) is 14.5 Å². The van der Waals surface area contributed by atoms with Crippen molar-refractivity contribution in [3.05, 3.63) is 32.7 Å². The van der Waals surface area contributed by atoms with Gasteiger partial charge in [0.15, 0.2) is 0 Å². The molecule has 0 aliphatic heterocycles. The first kappa shape index (κ1) is 14.1. The molecule has 0 fully saturated rings. The van der Waals surface area contributed by atoms with Crippen LogP contribution in [0, 0.1) is 48.2 Å². The van der Waals surface area contributed by atoms with Crippen LogP contribution in [-0.4, -0.2) is 5.11 Å². The molecule has 4 heteroatoms. The van der Waals surface area contributed by atoms with Crippen LogP contribution >= 0.6 is 31.9 Å². The normalized spacial score (nSPS) is 8.85. The summed E-state index contributed by atoms with van der Waals surface area (Å²) in [6.07, 6.45) is 1.87. The predicted octanol–water partition coefficient (Wildman–Crippen LogP) is 3.79. The summed E-state index contributed by atoms with van der Waals surface area (Å²) in [5.41, 5.74) is 1.85. The Labute approximate surface area is 128 Å². The third kappa shape index (κ3) is 4.91. The minimum Gasteiger partial charge on any atom is -0.508 e. The largest absolute Gasteiger partial charge is 0.508 e. The molecule has 0 spiro atoms. The molecule has 0 bridgehead atoms. The molecule has 0 aliphatic rings. The number of hydrogen-bond acceptors (Lipinski definition) is 1. The summed E-state index contributed by atoms with van der Waals surface area (Å²) >= 11 is 6.50. The molecule has 1 aromatic rings. The molecular formula is C9H8Br2OPr. The van der Waals surface area contributed by atoms with Crippen LogP contribution in [-0.2, 0) is 0 Å². The molecular weight excluding hydrogens is 425 g/mol. The first-order chi connectivity index (χ1) is 5.59. The summed E-state index contributed by atoms with van der Waals surface area (Å²) in [5.74, 6) is 0.324. The van der Waals surface area contributed by atoms with Crippen molar-refractivity contribution in [1.82, 2.24) is 0 Å². The molecule has 0 saturated carbocycles. The molecule has 67 valence electrons. The van der Waals surface area contributed by atoms with E-state index in [0.29, 0.717) is 5.75 Å². The third-order valence-corrected chi connectivity index (χ3v) is 1.97. The van der Waals surface area contributed by atoms with E-state index in [1.165, 1.54) is 0 Å². The maximum Gasteiger partial charge on any atom is 0.119 e. The van der Waals surface area contributed by atoms with Crippen LogP contribution in [0.25, 0.3) is 6.08 Å². The zero-order chi connectivity index (χ0) is 9.14. The number of rotatable bonds is 1. The monoisotopic (exact) mass is 431 g/mol. The number of benzene rings is 1. The van der Waals surface area contributed by atoms with Crippen LogP contribution < -0.4 is 0 Å². The Morgan fingerprint density at radius 1 is 1.38 bits per heavy atom. The van der Waals surface area contributed by atoms with Crippen molar-refractivity contribution in [2.45, 2.75) is 6.92 Å². The van der Waals surface area contributed by atoms with Crippen molar-refractivity contribution in [2.75, 3.05) is 0 Å². The number of aromatic hydroxyl groups is 1. The Bertz CT molecular complexity index is 319. The van der Waals surface area contributed by atoms with Crippen LogP contribution in [0.2, 0.25) is 0 Å². The Morgan fingerprint density at radius 3 is 2.46 bits per heavy atom. The Hall–Kier alpha value is 1.08. The summed E-state index contributed by atoms with van der Waals surface area (Å²) in [6, 6.07) is 5.54.